The third-order valence-electron chi connectivity index (χ3n) is 5.34. The van der Waals surface area contributed by atoms with Crippen LogP contribution in [0.5, 0.6) is 11.5 Å². The van der Waals surface area contributed by atoms with Gasteiger partial charge in [-0.05, 0) is 54.8 Å². The number of nitrogens with one attached hydrogen (secondary N) is 2. The summed E-state index contributed by atoms with van der Waals surface area (Å²) in [7, 11) is -3.52. The summed E-state index contributed by atoms with van der Waals surface area (Å²) in [5.41, 5.74) is 1.11. The summed E-state index contributed by atoms with van der Waals surface area (Å²) in [6.07, 6.45) is 1.75. The standard InChI is InChI=1S/C22H26N2O5S/c1-22(2,16-5-10-19-20(13-16)29-12-11-28-19)14-23-21(25)15-3-8-18(9-4-15)30(26,27)24-17-6-7-17/h3-5,8-10,13,17,24H,6-7,11-12,14H2,1-2H3,(H,23,25). The van der Waals surface area contributed by atoms with E-state index in [1.807, 2.05) is 32.0 Å². The van der Waals surface area contributed by atoms with Gasteiger partial charge in [0.1, 0.15) is 13.2 Å². The molecule has 2 N–H and O–H groups in total. The van der Waals surface area contributed by atoms with Crippen LogP contribution >= 0.6 is 0 Å². The van der Waals surface area contributed by atoms with Gasteiger partial charge in [-0.2, -0.15) is 0 Å². The lowest BCUT2D eigenvalue weighted by Crippen LogP contribution is -2.36. The van der Waals surface area contributed by atoms with E-state index in [0.717, 1.165) is 29.9 Å². The molecule has 0 bridgehead atoms. The average Bonchev–Trinajstić information content (AvgIpc) is 3.55. The highest BCUT2D eigenvalue weighted by atomic mass is 32.2. The van der Waals surface area contributed by atoms with Crippen molar-refractivity contribution in [3.05, 3.63) is 53.6 Å². The first kappa shape index (κ1) is 20.7. The Balaban J connectivity index is 1.40. The van der Waals surface area contributed by atoms with Gasteiger partial charge in [0, 0.05) is 23.6 Å². The number of carbonyl (C=O) groups excluding carboxylic acids is 1. The van der Waals surface area contributed by atoms with E-state index in [2.05, 4.69) is 10.0 Å². The minimum absolute atomic E-state index is 0.0424. The van der Waals surface area contributed by atoms with Gasteiger partial charge in [-0.1, -0.05) is 19.9 Å². The molecule has 0 unspecified atom stereocenters. The molecule has 2 aliphatic rings. The molecule has 4 rings (SSSR count). The molecule has 0 radical (unpaired) electrons. The van der Waals surface area contributed by atoms with Crippen molar-refractivity contribution in [2.24, 2.45) is 0 Å². The Morgan fingerprint density at radius 1 is 1.03 bits per heavy atom. The Morgan fingerprint density at radius 3 is 2.37 bits per heavy atom. The highest BCUT2D eigenvalue weighted by Gasteiger charge is 2.28. The van der Waals surface area contributed by atoms with E-state index in [9.17, 15) is 13.2 Å². The number of sulfonamides is 1. The number of amides is 1. The van der Waals surface area contributed by atoms with Crippen molar-refractivity contribution in [2.45, 2.75) is 43.0 Å². The Morgan fingerprint density at radius 2 is 1.70 bits per heavy atom. The summed E-state index contributed by atoms with van der Waals surface area (Å²) in [5.74, 6) is 1.20. The minimum atomic E-state index is -3.52. The lowest BCUT2D eigenvalue weighted by atomic mass is 9.84. The number of benzene rings is 2. The monoisotopic (exact) mass is 430 g/mol. The van der Waals surface area contributed by atoms with Gasteiger partial charge in [-0.3, -0.25) is 4.79 Å². The van der Waals surface area contributed by atoms with E-state index >= 15 is 0 Å². The molecule has 160 valence electrons. The number of fused-ring (bicyclic) bond motifs is 1. The van der Waals surface area contributed by atoms with Gasteiger partial charge < -0.3 is 14.8 Å². The molecule has 1 saturated carbocycles. The number of ether oxygens (including phenoxy) is 2. The topological polar surface area (TPSA) is 93.7 Å². The number of rotatable bonds is 7. The fourth-order valence-corrected chi connectivity index (χ4v) is 4.55. The number of hydrogen-bond acceptors (Lipinski definition) is 5. The first-order valence-corrected chi connectivity index (χ1v) is 11.5. The molecule has 30 heavy (non-hydrogen) atoms. The predicted molar refractivity (Wildman–Crippen MR) is 113 cm³/mol. The van der Waals surface area contributed by atoms with Gasteiger partial charge >= 0.3 is 0 Å². The Kier molecular flexibility index (Phi) is 5.46. The highest BCUT2D eigenvalue weighted by Crippen LogP contribution is 2.35. The normalized spacial score (nSPS) is 16.2. The molecule has 8 heteroatoms. The average molecular weight is 431 g/mol. The van der Waals surface area contributed by atoms with Crippen molar-refractivity contribution in [3.8, 4) is 11.5 Å². The van der Waals surface area contributed by atoms with Crippen molar-refractivity contribution in [2.75, 3.05) is 19.8 Å². The molecular weight excluding hydrogens is 404 g/mol. The van der Waals surface area contributed by atoms with E-state index in [-0.39, 0.29) is 22.3 Å². The zero-order valence-electron chi connectivity index (χ0n) is 17.1. The van der Waals surface area contributed by atoms with Crippen molar-refractivity contribution in [1.82, 2.24) is 10.0 Å². The van der Waals surface area contributed by atoms with Crippen LogP contribution in [-0.2, 0) is 15.4 Å². The Bertz CT molecular complexity index is 1040. The number of carbonyl (C=O) groups is 1. The van der Waals surface area contributed by atoms with Crippen molar-refractivity contribution in [1.29, 1.82) is 0 Å². The summed E-state index contributed by atoms with van der Waals surface area (Å²) in [6, 6.07) is 11.9. The van der Waals surface area contributed by atoms with Crippen LogP contribution in [0.3, 0.4) is 0 Å². The molecule has 1 fully saturated rings. The smallest absolute Gasteiger partial charge is 0.251 e. The summed E-state index contributed by atoms with van der Waals surface area (Å²) in [6.45, 7) is 5.56. The molecule has 0 saturated heterocycles. The third kappa shape index (κ3) is 4.60. The molecule has 1 amide bonds. The summed E-state index contributed by atoms with van der Waals surface area (Å²) >= 11 is 0. The molecule has 2 aromatic rings. The second-order valence-corrected chi connectivity index (χ2v) is 10.1. The van der Waals surface area contributed by atoms with Crippen LogP contribution in [0.2, 0.25) is 0 Å². The largest absolute Gasteiger partial charge is 0.486 e. The quantitative estimate of drug-likeness (QED) is 0.704. The van der Waals surface area contributed by atoms with Crippen molar-refractivity contribution >= 4 is 15.9 Å². The van der Waals surface area contributed by atoms with Crippen LogP contribution < -0.4 is 19.5 Å². The third-order valence-corrected chi connectivity index (χ3v) is 6.88. The van der Waals surface area contributed by atoms with E-state index < -0.39 is 10.0 Å². The van der Waals surface area contributed by atoms with E-state index in [1.165, 1.54) is 24.3 Å². The fourth-order valence-electron chi connectivity index (χ4n) is 3.24. The lowest BCUT2D eigenvalue weighted by Gasteiger charge is -2.28. The molecule has 1 heterocycles. The van der Waals surface area contributed by atoms with Crippen LogP contribution in [0.25, 0.3) is 0 Å². The van der Waals surface area contributed by atoms with Crippen LogP contribution in [-0.4, -0.2) is 40.1 Å². The van der Waals surface area contributed by atoms with Gasteiger partial charge in [0.25, 0.3) is 5.91 Å². The molecule has 0 spiro atoms. The molecule has 1 aliphatic heterocycles. The van der Waals surface area contributed by atoms with Crippen LogP contribution in [0.4, 0.5) is 0 Å². The first-order valence-electron chi connectivity index (χ1n) is 10.1. The maximum absolute atomic E-state index is 12.6. The first-order chi connectivity index (χ1) is 14.2. The second-order valence-electron chi connectivity index (χ2n) is 8.34. The molecule has 0 atom stereocenters. The van der Waals surface area contributed by atoms with Gasteiger partial charge in [-0.25, -0.2) is 13.1 Å². The minimum Gasteiger partial charge on any atom is -0.486 e. The van der Waals surface area contributed by atoms with Crippen LogP contribution in [0.15, 0.2) is 47.4 Å². The van der Waals surface area contributed by atoms with Crippen molar-refractivity contribution < 1.29 is 22.7 Å². The van der Waals surface area contributed by atoms with Crippen molar-refractivity contribution in [3.63, 3.8) is 0 Å². The van der Waals surface area contributed by atoms with Crippen LogP contribution in [0, 0.1) is 0 Å². The fraction of sp³-hybridized carbons (Fsp3) is 0.409. The van der Waals surface area contributed by atoms with E-state index in [1.54, 1.807) is 0 Å². The van der Waals surface area contributed by atoms with Gasteiger partial charge in [-0.15, -0.1) is 0 Å². The summed E-state index contributed by atoms with van der Waals surface area (Å²) in [4.78, 5) is 12.8. The summed E-state index contributed by atoms with van der Waals surface area (Å²) in [5, 5.41) is 2.94. The molecule has 1 aliphatic carbocycles. The maximum Gasteiger partial charge on any atom is 0.251 e. The Hall–Kier alpha value is -2.58. The van der Waals surface area contributed by atoms with Gasteiger partial charge in [0.05, 0.1) is 4.90 Å². The lowest BCUT2D eigenvalue weighted by molar-refractivity contribution is 0.0945. The highest BCUT2D eigenvalue weighted by molar-refractivity contribution is 7.89. The van der Waals surface area contributed by atoms with E-state index in [0.29, 0.717) is 25.3 Å². The zero-order chi connectivity index (χ0) is 21.4. The molecule has 0 aromatic heterocycles. The maximum atomic E-state index is 12.6. The SMILES string of the molecule is CC(C)(CNC(=O)c1ccc(S(=O)(=O)NC2CC2)cc1)c1ccc2c(c1)OCCO2. The number of hydrogen-bond donors (Lipinski definition) is 2. The molecular formula is C22H26N2O5S. The molecule has 7 nitrogen and oxygen atoms in total. The predicted octanol–water partition coefficient (Wildman–Crippen LogP) is 2.61. The van der Waals surface area contributed by atoms with E-state index in [4.69, 9.17) is 9.47 Å². The second kappa shape index (κ2) is 7.92. The molecule has 2 aromatic carbocycles. The van der Waals surface area contributed by atoms with Gasteiger partial charge in [0.2, 0.25) is 10.0 Å². The summed E-state index contributed by atoms with van der Waals surface area (Å²) < 4.78 is 38.3. The zero-order valence-corrected chi connectivity index (χ0v) is 17.9. The Labute approximate surface area is 176 Å². The van der Waals surface area contributed by atoms with Crippen LogP contribution in [0.1, 0.15) is 42.6 Å². The van der Waals surface area contributed by atoms with Gasteiger partial charge in [0.15, 0.2) is 11.5 Å².